The fourth-order valence-corrected chi connectivity index (χ4v) is 2.21. The molecule has 0 unspecified atom stereocenters. The molecule has 1 rings (SSSR count). The van der Waals surface area contributed by atoms with Gasteiger partial charge in [0.1, 0.15) is 5.82 Å². The number of halogens is 4. The molecule has 1 aromatic carbocycles. The summed E-state index contributed by atoms with van der Waals surface area (Å²) in [7, 11) is -5.78. The van der Waals surface area contributed by atoms with Gasteiger partial charge in [0.15, 0.2) is 0 Å². The van der Waals surface area contributed by atoms with Crippen LogP contribution in [0.5, 0.6) is 0 Å². The summed E-state index contributed by atoms with van der Waals surface area (Å²) in [4.78, 5) is 9.04. The van der Waals surface area contributed by atoms with Crippen molar-refractivity contribution in [3.63, 3.8) is 0 Å². The Morgan fingerprint density at radius 3 is 2.28 bits per heavy atom. The first-order valence-corrected chi connectivity index (χ1v) is 5.85. The molecule has 9 heteroatoms. The Labute approximate surface area is 98.8 Å². The first kappa shape index (κ1) is 14.4. The fraction of sp³-hybridized carbons (Fsp3) is 0.222. The van der Waals surface area contributed by atoms with Crippen molar-refractivity contribution in [2.75, 3.05) is 0 Å². The van der Waals surface area contributed by atoms with Crippen LogP contribution >= 0.6 is 0 Å². The minimum Gasteiger partial charge on any atom is -0.481 e. The van der Waals surface area contributed by atoms with Gasteiger partial charge in [0.05, 0.1) is 11.3 Å². The van der Waals surface area contributed by atoms with Crippen LogP contribution in [0.3, 0.4) is 0 Å². The lowest BCUT2D eigenvalue weighted by Crippen LogP contribution is -2.25. The molecule has 1 aromatic rings. The molecule has 18 heavy (non-hydrogen) atoms. The van der Waals surface area contributed by atoms with Crippen molar-refractivity contribution >= 4 is 15.8 Å². The maximum Gasteiger partial charge on any atom is 0.501 e. The second kappa shape index (κ2) is 4.56. The van der Waals surface area contributed by atoms with E-state index >= 15 is 0 Å². The number of hydrogen-bond donors (Lipinski definition) is 1. The van der Waals surface area contributed by atoms with Crippen LogP contribution in [-0.4, -0.2) is 25.0 Å². The van der Waals surface area contributed by atoms with Crippen LogP contribution in [0.15, 0.2) is 23.1 Å². The minimum absolute atomic E-state index is 0.154. The van der Waals surface area contributed by atoms with E-state index in [1.54, 1.807) is 0 Å². The molecule has 0 atom stereocenters. The van der Waals surface area contributed by atoms with E-state index in [1.807, 2.05) is 0 Å². The number of carboxylic acids is 1. The number of alkyl halides is 3. The summed E-state index contributed by atoms with van der Waals surface area (Å²) in [5.41, 5.74) is -6.24. The number of hydrogen-bond acceptors (Lipinski definition) is 3. The Bertz CT molecular complexity index is 577. The third-order valence-corrected chi connectivity index (χ3v) is 3.53. The van der Waals surface area contributed by atoms with Gasteiger partial charge in [-0.1, -0.05) is 6.07 Å². The minimum atomic E-state index is -5.78. The quantitative estimate of drug-likeness (QED) is 0.859. The highest BCUT2D eigenvalue weighted by atomic mass is 32.2. The molecule has 1 N–H and O–H groups in total. The molecule has 0 heterocycles. The number of sulfone groups is 1. The monoisotopic (exact) mass is 286 g/mol. The molecule has 0 saturated carbocycles. The molecule has 0 radical (unpaired) electrons. The van der Waals surface area contributed by atoms with Crippen LogP contribution in [0.4, 0.5) is 17.6 Å². The Hall–Kier alpha value is -1.64. The normalized spacial score (nSPS) is 12.4. The van der Waals surface area contributed by atoms with E-state index < -0.39 is 44.0 Å². The number of rotatable bonds is 3. The molecule has 0 fully saturated rings. The molecule has 4 nitrogen and oxygen atoms in total. The molecule has 0 spiro atoms. The maximum atomic E-state index is 12.8. The molecule has 0 aliphatic carbocycles. The van der Waals surface area contributed by atoms with E-state index in [4.69, 9.17) is 5.11 Å². The van der Waals surface area contributed by atoms with Gasteiger partial charge >= 0.3 is 11.5 Å². The maximum absolute atomic E-state index is 12.8. The van der Waals surface area contributed by atoms with E-state index in [0.29, 0.717) is 12.1 Å². The lowest BCUT2D eigenvalue weighted by atomic mass is 10.1. The van der Waals surface area contributed by atoms with Crippen LogP contribution < -0.4 is 0 Å². The molecular weight excluding hydrogens is 280 g/mol. The summed E-state index contributed by atoms with van der Waals surface area (Å²) in [5, 5.41) is 8.46. The lowest BCUT2D eigenvalue weighted by molar-refractivity contribution is -0.136. The van der Waals surface area contributed by atoms with Crippen molar-refractivity contribution in [1.29, 1.82) is 0 Å². The fourth-order valence-electron chi connectivity index (χ4n) is 1.21. The van der Waals surface area contributed by atoms with Crippen molar-refractivity contribution in [1.82, 2.24) is 0 Å². The third-order valence-electron chi connectivity index (χ3n) is 1.97. The zero-order valence-electron chi connectivity index (χ0n) is 8.53. The summed E-state index contributed by atoms with van der Waals surface area (Å²) < 4.78 is 72.0. The summed E-state index contributed by atoms with van der Waals surface area (Å²) in [5.74, 6) is -2.73. The average Bonchev–Trinajstić information content (AvgIpc) is 2.18. The second-order valence-corrected chi connectivity index (χ2v) is 5.18. The van der Waals surface area contributed by atoms with Gasteiger partial charge in [-0.3, -0.25) is 4.79 Å². The number of benzene rings is 1. The molecule has 0 amide bonds. The topological polar surface area (TPSA) is 71.4 Å². The van der Waals surface area contributed by atoms with Crippen LogP contribution in [0.2, 0.25) is 0 Å². The van der Waals surface area contributed by atoms with Gasteiger partial charge in [0.2, 0.25) is 0 Å². The first-order chi connectivity index (χ1) is 8.05. The van der Waals surface area contributed by atoms with Crippen molar-refractivity contribution < 1.29 is 35.9 Å². The van der Waals surface area contributed by atoms with E-state index in [0.717, 1.165) is 0 Å². The molecular formula is C9H6F4O4S. The van der Waals surface area contributed by atoms with Crippen LogP contribution in [0, 0.1) is 5.82 Å². The van der Waals surface area contributed by atoms with Gasteiger partial charge in [-0.05, 0) is 17.7 Å². The SMILES string of the molecule is O=C(O)Cc1ccc(F)cc1S(=O)(=O)C(F)(F)F. The smallest absolute Gasteiger partial charge is 0.481 e. The summed E-state index contributed by atoms with van der Waals surface area (Å²) in [6.45, 7) is 0. The highest BCUT2D eigenvalue weighted by molar-refractivity contribution is 7.92. The van der Waals surface area contributed by atoms with Gasteiger partial charge in [-0.15, -0.1) is 0 Å². The zero-order valence-corrected chi connectivity index (χ0v) is 9.35. The van der Waals surface area contributed by atoms with Gasteiger partial charge in [-0.25, -0.2) is 12.8 Å². The summed E-state index contributed by atoms with van der Waals surface area (Å²) >= 11 is 0. The molecule has 100 valence electrons. The Balaban J connectivity index is 3.48. The Morgan fingerprint density at radius 1 is 1.28 bits per heavy atom. The van der Waals surface area contributed by atoms with Crippen molar-refractivity contribution in [3.05, 3.63) is 29.6 Å². The van der Waals surface area contributed by atoms with Crippen LogP contribution in [0.25, 0.3) is 0 Å². The zero-order chi connectivity index (χ0) is 14.1. The Kier molecular flexibility index (Phi) is 3.65. The predicted octanol–water partition coefficient (Wildman–Crippen LogP) is 1.75. The van der Waals surface area contributed by atoms with E-state index in [1.165, 1.54) is 0 Å². The number of carbonyl (C=O) groups is 1. The molecule has 0 aromatic heterocycles. The molecule has 0 aliphatic heterocycles. The van der Waals surface area contributed by atoms with Gasteiger partial charge < -0.3 is 5.11 Å². The molecule has 0 bridgehead atoms. The van der Waals surface area contributed by atoms with Gasteiger partial charge in [0.25, 0.3) is 9.84 Å². The molecule has 0 aliphatic rings. The van der Waals surface area contributed by atoms with E-state index in [-0.39, 0.29) is 6.07 Å². The summed E-state index contributed by atoms with van der Waals surface area (Å²) in [6, 6.07) is 1.54. The van der Waals surface area contributed by atoms with Crippen molar-refractivity contribution in [2.45, 2.75) is 16.8 Å². The van der Waals surface area contributed by atoms with E-state index in [2.05, 4.69) is 0 Å². The van der Waals surface area contributed by atoms with Gasteiger partial charge in [0, 0.05) is 0 Å². The summed E-state index contributed by atoms with van der Waals surface area (Å²) in [6.07, 6.45) is -0.953. The first-order valence-electron chi connectivity index (χ1n) is 4.37. The average molecular weight is 286 g/mol. The third kappa shape index (κ3) is 2.78. The predicted molar refractivity (Wildman–Crippen MR) is 51.0 cm³/mol. The lowest BCUT2D eigenvalue weighted by Gasteiger charge is -2.11. The largest absolute Gasteiger partial charge is 0.501 e. The van der Waals surface area contributed by atoms with Crippen molar-refractivity contribution in [2.24, 2.45) is 0 Å². The molecule has 0 saturated heterocycles. The standard InChI is InChI=1S/C9H6F4O4S/c10-6-2-1-5(3-8(14)15)7(4-6)18(16,17)9(11,12)13/h1-2,4H,3H2,(H,14,15). The van der Waals surface area contributed by atoms with Crippen molar-refractivity contribution in [3.8, 4) is 0 Å². The van der Waals surface area contributed by atoms with Gasteiger partial charge in [-0.2, -0.15) is 13.2 Å². The van der Waals surface area contributed by atoms with Crippen LogP contribution in [-0.2, 0) is 21.1 Å². The number of carboxylic acid groups (broad SMARTS) is 1. The second-order valence-electron chi connectivity index (χ2n) is 3.27. The van der Waals surface area contributed by atoms with E-state index in [9.17, 15) is 30.8 Å². The van der Waals surface area contributed by atoms with Crippen LogP contribution in [0.1, 0.15) is 5.56 Å². The Morgan fingerprint density at radius 2 is 1.83 bits per heavy atom. The number of aliphatic carboxylic acids is 1. The highest BCUT2D eigenvalue weighted by Gasteiger charge is 2.48. The highest BCUT2D eigenvalue weighted by Crippen LogP contribution is 2.32.